The van der Waals surface area contributed by atoms with Crippen molar-refractivity contribution in [2.45, 2.75) is 37.0 Å². The first-order chi connectivity index (χ1) is 12.1. The number of aromatic amines is 1. The van der Waals surface area contributed by atoms with Crippen LogP contribution in [0.25, 0.3) is 0 Å². The topological polar surface area (TPSA) is 97.0 Å². The zero-order chi connectivity index (χ0) is 17.4. The standard InChI is InChI=1S/C18H20N4O3/c1-25-17(24)12-3-2-4-13(9-12)18(7-8-18)10-19-16(23)15-14(11-5-6-11)20-22-21-15/h2-4,9,11H,5-8,10H2,1H3,(H,19,23)(H,20,21,22). The molecule has 0 spiro atoms. The number of carbonyl (C=O) groups excluding carboxylic acids is 2. The maximum Gasteiger partial charge on any atom is 0.337 e. The lowest BCUT2D eigenvalue weighted by molar-refractivity contribution is 0.0600. The second kappa shape index (κ2) is 5.98. The zero-order valence-electron chi connectivity index (χ0n) is 14.0. The quantitative estimate of drug-likeness (QED) is 0.783. The van der Waals surface area contributed by atoms with Crippen LogP contribution in [0.3, 0.4) is 0 Å². The Labute approximate surface area is 145 Å². The molecule has 2 fully saturated rings. The van der Waals surface area contributed by atoms with Crippen LogP contribution in [0.4, 0.5) is 0 Å². The maximum absolute atomic E-state index is 12.5. The van der Waals surface area contributed by atoms with Crippen molar-refractivity contribution >= 4 is 11.9 Å². The number of carbonyl (C=O) groups is 2. The Balaban J connectivity index is 1.46. The molecule has 0 bridgehead atoms. The smallest absolute Gasteiger partial charge is 0.337 e. The van der Waals surface area contributed by atoms with Crippen molar-refractivity contribution in [1.82, 2.24) is 20.7 Å². The van der Waals surface area contributed by atoms with E-state index < -0.39 is 0 Å². The number of hydrogen-bond acceptors (Lipinski definition) is 5. The van der Waals surface area contributed by atoms with Crippen LogP contribution in [0, 0.1) is 0 Å². The van der Waals surface area contributed by atoms with E-state index in [4.69, 9.17) is 4.74 Å². The summed E-state index contributed by atoms with van der Waals surface area (Å²) in [4.78, 5) is 24.2. The molecule has 1 aromatic heterocycles. The molecule has 2 aliphatic rings. The monoisotopic (exact) mass is 340 g/mol. The molecular weight excluding hydrogens is 320 g/mol. The average Bonchev–Trinajstić information content (AvgIpc) is 3.58. The highest BCUT2D eigenvalue weighted by molar-refractivity contribution is 5.93. The van der Waals surface area contributed by atoms with E-state index in [9.17, 15) is 9.59 Å². The van der Waals surface area contributed by atoms with Crippen LogP contribution in [0.5, 0.6) is 0 Å². The Hall–Kier alpha value is -2.70. The van der Waals surface area contributed by atoms with Crippen molar-refractivity contribution < 1.29 is 14.3 Å². The molecule has 7 nitrogen and oxygen atoms in total. The molecule has 0 atom stereocenters. The summed E-state index contributed by atoms with van der Waals surface area (Å²) in [7, 11) is 1.37. The van der Waals surface area contributed by atoms with Gasteiger partial charge < -0.3 is 10.1 Å². The predicted molar refractivity (Wildman–Crippen MR) is 89.4 cm³/mol. The van der Waals surface area contributed by atoms with Gasteiger partial charge in [-0.1, -0.05) is 12.1 Å². The summed E-state index contributed by atoms with van der Waals surface area (Å²) >= 11 is 0. The van der Waals surface area contributed by atoms with E-state index in [1.54, 1.807) is 6.07 Å². The van der Waals surface area contributed by atoms with Crippen molar-refractivity contribution in [2.24, 2.45) is 0 Å². The second-order valence-electron chi connectivity index (χ2n) is 6.87. The van der Waals surface area contributed by atoms with E-state index in [-0.39, 0.29) is 17.3 Å². The first-order valence-electron chi connectivity index (χ1n) is 8.51. The Bertz CT molecular complexity index is 821. The van der Waals surface area contributed by atoms with Gasteiger partial charge in [0.05, 0.1) is 18.4 Å². The van der Waals surface area contributed by atoms with Gasteiger partial charge in [0.2, 0.25) is 0 Å². The summed E-state index contributed by atoms with van der Waals surface area (Å²) in [5, 5.41) is 13.7. The Kier molecular flexibility index (Phi) is 3.78. The predicted octanol–water partition coefficient (Wildman–Crippen LogP) is 1.93. The van der Waals surface area contributed by atoms with Gasteiger partial charge in [0, 0.05) is 17.9 Å². The highest BCUT2D eigenvalue weighted by Crippen LogP contribution is 2.48. The largest absolute Gasteiger partial charge is 0.465 e. The third-order valence-corrected chi connectivity index (χ3v) is 5.09. The van der Waals surface area contributed by atoms with Gasteiger partial charge in [-0.2, -0.15) is 15.4 Å². The summed E-state index contributed by atoms with van der Waals surface area (Å²) in [6.07, 6.45) is 4.09. The zero-order valence-corrected chi connectivity index (χ0v) is 14.0. The number of amides is 1. The lowest BCUT2D eigenvalue weighted by atomic mass is 9.94. The van der Waals surface area contributed by atoms with Crippen LogP contribution in [-0.2, 0) is 10.2 Å². The molecule has 2 saturated carbocycles. The van der Waals surface area contributed by atoms with Crippen LogP contribution in [0.2, 0.25) is 0 Å². The van der Waals surface area contributed by atoms with E-state index in [0.717, 1.165) is 36.9 Å². The van der Waals surface area contributed by atoms with Gasteiger partial charge in [-0.25, -0.2) is 4.79 Å². The Morgan fingerprint density at radius 3 is 2.80 bits per heavy atom. The highest BCUT2D eigenvalue weighted by Gasteiger charge is 2.45. The maximum atomic E-state index is 12.5. The molecule has 130 valence electrons. The normalized spacial score (nSPS) is 17.8. The number of H-pyrrole nitrogens is 1. The molecule has 2 aliphatic carbocycles. The van der Waals surface area contributed by atoms with Gasteiger partial charge in [0.1, 0.15) is 0 Å². The molecule has 4 rings (SSSR count). The first-order valence-corrected chi connectivity index (χ1v) is 8.51. The number of nitrogens with zero attached hydrogens (tertiary/aromatic N) is 2. The van der Waals surface area contributed by atoms with Gasteiger partial charge in [0.25, 0.3) is 5.91 Å². The van der Waals surface area contributed by atoms with Crippen LogP contribution >= 0.6 is 0 Å². The van der Waals surface area contributed by atoms with Crippen LogP contribution in [0.1, 0.15) is 63.7 Å². The van der Waals surface area contributed by atoms with Crippen LogP contribution < -0.4 is 5.32 Å². The number of hydrogen-bond donors (Lipinski definition) is 2. The second-order valence-corrected chi connectivity index (χ2v) is 6.87. The van der Waals surface area contributed by atoms with Crippen molar-refractivity contribution in [3.63, 3.8) is 0 Å². The molecule has 0 radical (unpaired) electrons. The molecule has 0 unspecified atom stereocenters. The summed E-state index contributed by atoms with van der Waals surface area (Å²) in [5.74, 6) is -0.171. The third kappa shape index (κ3) is 3.01. The molecule has 2 N–H and O–H groups in total. The molecule has 25 heavy (non-hydrogen) atoms. The Morgan fingerprint density at radius 1 is 1.32 bits per heavy atom. The van der Waals surface area contributed by atoms with Crippen LogP contribution in [-0.4, -0.2) is 40.9 Å². The fraction of sp³-hybridized carbons (Fsp3) is 0.444. The minimum atomic E-state index is -0.349. The highest BCUT2D eigenvalue weighted by atomic mass is 16.5. The lowest BCUT2D eigenvalue weighted by Crippen LogP contribution is -2.33. The summed E-state index contributed by atoms with van der Waals surface area (Å²) in [6.45, 7) is 0.521. The van der Waals surface area contributed by atoms with Crippen molar-refractivity contribution in [3.05, 3.63) is 46.8 Å². The summed E-state index contributed by atoms with van der Waals surface area (Å²) in [5.41, 5.74) is 2.66. The number of methoxy groups -OCH3 is 1. The lowest BCUT2D eigenvalue weighted by Gasteiger charge is -2.17. The minimum Gasteiger partial charge on any atom is -0.465 e. The van der Waals surface area contributed by atoms with Crippen LogP contribution in [0.15, 0.2) is 24.3 Å². The van der Waals surface area contributed by atoms with Crippen molar-refractivity contribution in [2.75, 3.05) is 13.7 Å². The molecule has 1 aromatic carbocycles. The fourth-order valence-corrected chi connectivity index (χ4v) is 3.19. The summed E-state index contributed by atoms with van der Waals surface area (Å²) < 4.78 is 4.79. The number of ether oxygens (including phenoxy) is 1. The Morgan fingerprint density at radius 2 is 2.12 bits per heavy atom. The van der Waals surface area contributed by atoms with Crippen molar-refractivity contribution in [3.8, 4) is 0 Å². The SMILES string of the molecule is COC(=O)c1cccc(C2(CNC(=O)c3n[nH]nc3C3CC3)CC2)c1. The average molecular weight is 340 g/mol. The molecule has 0 aliphatic heterocycles. The van der Waals surface area contributed by atoms with Gasteiger partial charge >= 0.3 is 5.97 Å². The number of rotatable bonds is 6. The number of esters is 1. The molecule has 1 amide bonds. The number of aromatic nitrogens is 3. The van der Waals surface area contributed by atoms with Crippen molar-refractivity contribution in [1.29, 1.82) is 0 Å². The number of nitrogens with one attached hydrogen (secondary N) is 2. The first kappa shape index (κ1) is 15.8. The molecule has 2 aromatic rings. The third-order valence-electron chi connectivity index (χ3n) is 5.09. The van der Waals surface area contributed by atoms with E-state index in [1.807, 2.05) is 18.2 Å². The molecule has 0 saturated heterocycles. The van der Waals surface area contributed by atoms with E-state index in [0.29, 0.717) is 23.7 Å². The van der Waals surface area contributed by atoms with Gasteiger partial charge in [-0.3, -0.25) is 4.79 Å². The van der Waals surface area contributed by atoms with Gasteiger partial charge in [-0.15, -0.1) is 0 Å². The number of benzene rings is 1. The van der Waals surface area contributed by atoms with E-state index >= 15 is 0 Å². The molecule has 7 heteroatoms. The molecule has 1 heterocycles. The van der Waals surface area contributed by atoms with Gasteiger partial charge in [0.15, 0.2) is 5.69 Å². The molecular formula is C18H20N4O3. The summed E-state index contributed by atoms with van der Waals surface area (Å²) in [6, 6.07) is 7.45. The fourth-order valence-electron chi connectivity index (χ4n) is 3.19. The van der Waals surface area contributed by atoms with Gasteiger partial charge in [-0.05, 0) is 43.4 Å². The van der Waals surface area contributed by atoms with E-state index in [2.05, 4.69) is 20.7 Å². The van der Waals surface area contributed by atoms with E-state index in [1.165, 1.54) is 7.11 Å². The minimum absolute atomic E-state index is 0.108.